The van der Waals surface area contributed by atoms with Gasteiger partial charge in [0.25, 0.3) is 0 Å². The predicted molar refractivity (Wildman–Crippen MR) is 62.4 cm³/mol. The summed E-state index contributed by atoms with van der Waals surface area (Å²) in [4.78, 5) is 8.53. The maximum absolute atomic E-state index is 11.6. The van der Waals surface area contributed by atoms with E-state index in [2.05, 4.69) is 15.3 Å². The molecule has 0 spiro atoms. The first-order chi connectivity index (χ1) is 7.96. The molecule has 1 N–H and O–H groups in total. The third kappa shape index (κ3) is 2.25. The molecule has 1 unspecified atom stereocenters. The van der Waals surface area contributed by atoms with Gasteiger partial charge in [-0.1, -0.05) is 0 Å². The van der Waals surface area contributed by atoms with Crippen molar-refractivity contribution in [2.45, 2.75) is 24.5 Å². The van der Waals surface area contributed by atoms with Gasteiger partial charge < -0.3 is 10.1 Å². The Labute approximate surface area is 100 Å². The smallest absolute Gasteiger partial charge is 0.221 e. The average molecular weight is 257 g/mol. The summed E-state index contributed by atoms with van der Waals surface area (Å²) in [5, 5.41) is 3.01. The second-order valence-electron chi connectivity index (χ2n) is 4.06. The molecule has 17 heavy (non-hydrogen) atoms. The highest BCUT2D eigenvalue weighted by atomic mass is 32.2. The molecule has 1 atom stereocenters. The van der Waals surface area contributed by atoms with E-state index >= 15 is 0 Å². The number of ether oxygens (including phenoxy) is 1. The van der Waals surface area contributed by atoms with Gasteiger partial charge in [-0.15, -0.1) is 0 Å². The van der Waals surface area contributed by atoms with Crippen LogP contribution in [0.25, 0.3) is 0 Å². The van der Waals surface area contributed by atoms with Crippen LogP contribution in [0.5, 0.6) is 5.88 Å². The Morgan fingerprint density at radius 2 is 2.06 bits per heavy atom. The van der Waals surface area contributed by atoms with Crippen molar-refractivity contribution in [2.75, 3.05) is 14.2 Å². The summed E-state index contributed by atoms with van der Waals surface area (Å²) in [5.41, 5.74) is 1.16. The number of rotatable bonds is 3. The molecular weight excluding hydrogens is 242 g/mol. The Balaban J connectivity index is 2.52. The van der Waals surface area contributed by atoms with Crippen molar-refractivity contribution in [3.63, 3.8) is 0 Å². The Hall–Kier alpha value is -1.21. The van der Waals surface area contributed by atoms with Crippen LogP contribution in [0.3, 0.4) is 0 Å². The van der Waals surface area contributed by atoms with E-state index in [9.17, 15) is 8.42 Å². The number of nitrogens with one attached hydrogen (secondary N) is 1. The zero-order valence-corrected chi connectivity index (χ0v) is 10.8. The topological polar surface area (TPSA) is 81.2 Å². The molecule has 0 saturated carbocycles. The highest BCUT2D eigenvalue weighted by molar-refractivity contribution is 7.90. The normalized spacial score (nSPS) is 18.8. The molecule has 0 aromatic carbocycles. The first-order valence-corrected chi connectivity index (χ1v) is 7.10. The number of sulfone groups is 1. The molecule has 0 fully saturated rings. The Morgan fingerprint density at radius 1 is 1.35 bits per heavy atom. The van der Waals surface area contributed by atoms with Crippen LogP contribution in [0.4, 0.5) is 0 Å². The van der Waals surface area contributed by atoms with Gasteiger partial charge in [0.2, 0.25) is 5.88 Å². The molecule has 1 aliphatic rings. The fourth-order valence-electron chi connectivity index (χ4n) is 1.76. The van der Waals surface area contributed by atoms with E-state index in [0.29, 0.717) is 23.0 Å². The molecule has 1 aromatic rings. The van der Waals surface area contributed by atoms with Gasteiger partial charge >= 0.3 is 0 Å². The van der Waals surface area contributed by atoms with E-state index in [-0.39, 0.29) is 17.5 Å². The number of aromatic nitrogens is 2. The number of hydrogen-bond acceptors (Lipinski definition) is 6. The first-order valence-electron chi connectivity index (χ1n) is 5.28. The lowest BCUT2D eigenvalue weighted by molar-refractivity contribution is 0.387. The van der Waals surface area contributed by atoms with Crippen LogP contribution < -0.4 is 10.1 Å². The van der Waals surface area contributed by atoms with Crippen LogP contribution in [0, 0.1) is 0 Å². The summed E-state index contributed by atoms with van der Waals surface area (Å²) in [6, 6.07) is -0.0440. The average Bonchev–Trinajstić information content (AvgIpc) is 2.60. The number of methoxy groups -OCH3 is 1. The lowest BCUT2D eigenvalue weighted by atomic mass is 10.2. The third-order valence-electron chi connectivity index (χ3n) is 2.81. The minimum atomic E-state index is -3.09. The fraction of sp³-hybridized carbons (Fsp3) is 0.600. The van der Waals surface area contributed by atoms with E-state index < -0.39 is 9.84 Å². The summed E-state index contributed by atoms with van der Waals surface area (Å²) in [6.45, 7) is 1.91. The number of nitrogens with zero attached hydrogens (tertiary/aromatic N) is 2. The highest BCUT2D eigenvalue weighted by Gasteiger charge is 2.31. The van der Waals surface area contributed by atoms with Crippen molar-refractivity contribution in [3.05, 3.63) is 17.1 Å². The standard InChI is InChI=1S/C10H15N3O3S/c1-6(11-2)9-12-8-5-17(14,15)4-7(8)10(13-9)16-3/h6,11H,4-5H2,1-3H3. The van der Waals surface area contributed by atoms with Gasteiger partial charge in [-0.3, -0.25) is 0 Å². The van der Waals surface area contributed by atoms with Crippen molar-refractivity contribution in [1.29, 1.82) is 0 Å². The molecule has 7 heteroatoms. The Bertz CT molecular complexity index is 542. The van der Waals surface area contributed by atoms with Gasteiger partial charge in [0.1, 0.15) is 5.82 Å². The van der Waals surface area contributed by atoms with Gasteiger partial charge in [0.15, 0.2) is 9.84 Å². The minimum absolute atomic E-state index is 0.0232. The maximum Gasteiger partial charge on any atom is 0.221 e. The van der Waals surface area contributed by atoms with Gasteiger partial charge in [-0.25, -0.2) is 13.4 Å². The molecule has 6 nitrogen and oxygen atoms in total. The zero-order valence-electron chi connectivity index (χ0n) is 10.0. The van der Waals surface area contributed by atoms with E-state index in [1.807, 2.05) is 6.92 Å². The molecule has 0 aliphatic carbocycles. The van der Waals surface area contributed by atoms with Crippen molar-refractivity contribution >= 4 is 9.84 Å². The zero-order chi connectivity index (χ0) is 12.6. The van der Waals surface area contributed by atoms with Gasteiger partial charge in [0, 0.05) is 0 Å². The summed E-state index contributed by atoms with van der Waals surface area (Å²) in [5.74, 6) is 0.873. The molecule has 1 aliphatic heterocycles. The maximum atomic E-state index is 11.6. The molecule has 2 heterocycles. The third-order valence-corrected chi connectivity index (χ3v) is 4.25. The van der Waals surface area contributed by atoms with Crippen LogP contribution in [-0.2, 0) is 21.3 Å². The highest BCUT2D eigenvalue weighted by Crippen LogP contribution is 2.30. The molecule has 2 rings (SSSR count). The van der Waals surface area contributed by atoms with Crippen molar-refractivity contribution in [2.24, 2.45) is 0 Å². The predicted octanol–water partition coefficient (Wildman–Crippen LogP) is 0.194. The first kappa shape index (κ1) is 12.3. The van der Waals surface area contributed by atoms with E-state index in [1.165, 1.54) is 7.11 Å². The van der Waals surface area contributed by atoms with Gasteiger partial charge in [0.05, 0.1) is 35.9 Å². The lowest BCUT2D eigenvalue weighted by Gasteiger charge is -2.12. The van der Waals surface area contributed by atoms with Crippen LogP contribution in [0.15, 0.2) is 0 Å². The minimum Gasteiger partial charge on any atom is -0.481 e. The van der Waals surface area contributed by atoms with Gasteiger partial charge in [-0.2, -0.15) is 4.98 Å². The molecule has 0 bridgehead atoms. The van der Waals surface area contributed by atoms with E-state index in [1.54, 1.807) is 7.05 Å². The van der Waals surface area contributed by atoms with Gasteiger partial charge in [-0.05, 0) is 14.0 Å². The van der Waals surface area contributed by atoms with Crippen molar-refractivity contribution in [3.8, 4) is 5.88 Å². The molecular formula is C10H15N3O3S. The molecule has 0 radical (unpaired) electrons. The summed E-state index contributed by atoms with van der Waals surface area (Å²) >= 11 is 0. The van der Waals surface area contributed by atoms with E-state index in [0.717, 1.165) is 0 Å². The number of hydrogen-bond donors (Lipinski definition) is 1. The Morgan fingerprint density at radius 3 is 2.65 bits per heavy atom. The molecule has 1 aromatic heterocycles. The largest absolute Gasteiger partial charge is 0.481 e. The van der Waals surface area contributed by atoms with Crippen LogP contribution >= 0.6 is 0 Å². The summed E-state index contributed by atoms with van der Waals surface area (Å²) in [6.07, 6.45) is 0. The molecule has 94 valence electrons. The molecule has 0 amide bonds. The summed E-state index contributed by atoms with van der Waals surface area (Å²) in [7, 11) is 0.193. The summed E-state index contributed by atoms with van der Waals surface area (Å²) < 4.78 is 28.3. The second kappa shape index (κ2) is 4.23. The van der Waals surface area contributed by atoms with E-state index in [4.69, 9.17) is 4.74 Å². The fourth-order valence-corrected chi connectivity index (χ4v) is 3.25. The van der Waals surface area contributed by atoms with Crippen molar-refractivity contribution in [1.82, 2.24) is 15.3 Å². The SMILES string of the molecule is CNC(C)c1nc2c(c(OC)n1)CS(=O)(=O)C2. The quantitative estimate of drug-likeness (QED) is 0.832. The van der Waals surface area contributed by atoms with Crippen LogP contribution in [0.1, 0.15) is 30.0 Å². The second-order valence-corrected chi connectivity index (χ2v) is 6.12. The van der Waals surface area contributed by atoms with Crippen LogP contribution in [-0.4, -0.2) is 32.5 Å². The lowest BCUT2D eigenvalue weighted by Crippen LogP contribution is -2.17. The Kier molecular flexibility index (Phi) is 3.05. The van der Waals surface area contributed by atoms with Crippen LogP contribution in [0.2, 0.25) is 0 Å². The molecule has 0 saturated heterocycles. The van der Waals surface area contributed by atoms with Crippen molar-refractivity contribution < 1.29 is 13.2 Å². The monoisotopic (exact) mass is 257 g/mol. The number of fused-ring (bicyclic) bond motifs is 1.